The number of hydrogen-bond acceptors (Lipinski definition) is 1. The Labute approximate surface area is 140 Å². The van der Waals surface area contributed by atoms with Gasteiger partial charge in [-0.15, -0.1) is 12.4 Å². The van der Waals surface area contributed by atoms with Gasteiger partial charge in [0.05, 0.1) is 0 Å². The summed E-state index contributed by atoms with van der Waals surface area (Å²) in [5, 5.41) is 3.75. The van der Waals surface area contributed by atoms with Crippen molar-refractivity contribution < 1.29 is 0 Å². The van der Waals surface area contributed by atoms with E-state index in [4.69, 9.17) is 0 Å². The molecule has 0 bridgehead atoms. The van der Waals surface area contributed by atoms with Crippen molar-refractivity contribution >= 4 is 12.4 Å². The van der Waals surface area contributed by atoms with E-state index in [1.807, 2.05) is 0 Å². The molecule has 2 aromatic carbocycles. The standard InChI is InChI=1S/C20H25N.ClH/c1-3-9-17(10-4-1)20(18-11-5-2-6-12-18)15-16-21-19-13-7-8-14-19;/h1-6,9-12,19-21H,7-8,13-16H2;1H. The molecule has 0 heterocycles. The summed E-state index contributed by atoms with van der Waals surface area (Å²) >= 11 is 0. The Morgan fingerprint density at radius 1 is 0.818 bits per heavy atom. The second-order valence-corrected chi connectivity index (χ2v) is 6.10. The molecular weight excluding hydrogens is 290 g/mol. The zero-order valence-corrected chi connectivity index (χ0v) is 13.9. The highest BCUT2D eigenvalue weighted by Crippen LogP contribution is 2.27. The molecule has 2 aromatic rings. The first kappa shape index (κ1) is 17.1. The van der Waals surface area contributed by atoms with Crippen LogP contribution >= 0.6 is 12.4 Å². The van der Waals surface area contributed by atoms with Crippen molar-refractivity contribution in [3.05, 3.63) is 71.8 Å². The van der Waals surface area contributed by atoms with Gasteiger partial charge in [0.25, 0.3) is 0 Å². The Morgan fingerprint density at radius 3 is 1.82 bits per heavy atom. The highest BCUT2D eigenvalue weighted by Gasteiger charge is 2.17. The minimum Gasteiger partial charge on any atom is -0.314 e. The van der Waals surface area contributed by atoms with E-state index in [9.17, 15) is 0 Å². The lowest BCUT2D eigenvalue weighted by Gasteiger charge is -2.20. The SMILES string of the molecule is Cl.c1ccc(C(CCNC2CCCC2)c2ccccc2)cc1. The molecular formula is C20H26ClN. The van der Waals surface area contributed by atoms with E-state index < -0.39 is 0 Å². The van der Waals surface area contributed by atoms with Crippen LogP contribution in [0.5, 0.6) is 0 Å². The average molecular weight is 316 g/mol. The van der Waals surface area contributed by atoms with Gasteiger partial charge in [-0.25, -0.2) is 0 Å². The Morgan fingerprint density at radius 2 is 1.32 bits per heavy atom. The fourth-order valence-corrected chi connectivity index (χ4v) is 3.46. The van der Waals surface area contributed by atoms with Crippen LogP contribution in [-0.2, 0) is 0 Å². The summed E-state index contributed by atoms with van der Waals surface area (Å²) < 4.78 is 0. The second-order valence-electron chi connectivity index (χ2n) is 6.10. The Bertz CT molecular complexity index is 480. The molecule has 118 valence electrons. The molecule has 1 aliphatic carbocycles. The van der Waals surface area contributed by atoms with Gasteiger partial charge in [-0.2, -0.15) is 0 Å². The first-order chi connectivity index (χ1) is 10.4. The van der Waals surface area contributed by atoms with Gasteiger partial charge in [-0.05, 0) is 36.9 Å². The zero-order valence-electron chi connectivity index (χ0n) is 13.1. The molecule has 0 unspecified atom stereocenters. The first-order valence-corrected chi connectivity index (χ1v) is 8.27. The van der Waals surface area contributed by atoms with Gasteiger partial charge in [0.2, 0.25) is 0 Å². The highest BCUT2D eigenvalue weighted by molar-refractivity contribution is 5.85. The molecule has 0 atom stereocenters. The Kier molecular flexibility index (Phi) is 6.95. The van der Waals surface area contributed by atoms with Crippen LogP contribution in [0.1, 0.15) is 49.1 Å². The predicted octanol–water partition coefficient (Wildman–Crippen LogP) is 5.16. The molecule has 1 saturated carbocycles. The Hall–Kier alpha value is -1.31. The topological polar surface area (TPSA) is 12.0 Å². The predicted molar refractivity (Wildman–Crippen MR) is 96.9 cm³/mol. The van der Waals surface area contributed by atoms with Crippen molar-refractivity contribution in [2.75, 3.05) is 6.54 Å². The van der Waals surface area contributed by atoms with Crippen LogP contribution in [0.3, 0.4) is 0 Å². The van der Waals surface area contributed by atoms with Crippen molar-refractivity contribution in [2.45, 2.75) is 44.1 Å². The van der Waals surface area contributed by atoms with Gasteiger partial charge in [-0.1, -0.05) is 73.5 Å². The third-order valence-electron chi connectivity index (χ3n) is 4.63. The van der Waals surface area contributed by atoms with E-state index in [0.717, 1.165) is 12.6 Å². The van der Waals surface area contributed by atoms with Crippen molar-refractivity contribution in [3.8, 4) is 0 Å². The van der Waals surface area contributed by atoms with Crippen LogP contribution in [-0.4, -0.2) is 12.6 Å². The average Bonchev–Trinajstić information content (AvgIpc) is 3.07. The maximum atomic E-state index is 3.75. The lowest BCUT2D eigenvalue weighted by molar-refractivity contribution is 0.503. The molecule has 0 aliphatic heterocycles. The summed E-state index contributed by atoms with van der Waals surface area (Å²) in [5.74, 6) is 0.501. The molecule has 1 nitrogen and oxygen atoms in total. The monoisotopic (exact) mass is 315 g/mol. The lowest BCUT2D eigenvalue weighted by Crippen LogP contribution is -2.28. The molecule has 1 aliphatic rings. The van der Waals surface area contributed by atoms with Crippen LogP contribution in [0, 0.1) is 0 Å². The van der Waals surface area contributed by atoms with E-state index in [-0.39, 0.29) is 12.4 Å². The molecule has 2 heteroatoms. The van der Waals surface area contributed by atoms with Gasteiger partial charge in [0.1, 0.15) is 0 Å². The van der Waals surface area contributed by atoms with E-state index in [0.29, 0.717) is 5.92 Å². The van der Waals surface area contributed by atoms with Crippen molar-refractivity contribution in [2.24, 2.45) is 0 Å². The van der Waals surface area contributed by atoms with Crippen molar-refractivity contribution in [3.63, 3.8) is 0 Å². The second kappa shape index (κ2) is 8.97. The van der Waals surface area contributed by atoms with Crippen LogP contribution < -0.4 is 5.32 Å². The van der Waals surface area contributed by atoms with E-state index >= 15 is 0 Å². The highest BCUT2D eigenvalue weighted by atomic mass is 35.5. The molecule has 0 spiro atoms. The summed E-state index contributed by atoms with van der Waals surface area (Å²) in [6, 6.07) is 22.6. The number of nitrogens with one attached hydrogen (secondary N) is 1. The summed E-state index contributed by atoms with van der Waals surface area (Å²) in [5.41, 5.74) is 2.86. The van der Waals surface area contributed by atoms with Gasteiger partial charge < -0.3 is 5.32 Å². The minimum atomic E-state index is 0. The van der Waals surface area contributed by atoms with Crippen LogP contribution in [0.2, 0.25) is 0 Å². The normalized spacial score (nSPS) is 15.0. The lowest BCUT2D eigenvalue weighted by atomic mass is 9.88. The summed E-state index contributed by atoms with van der Waals surface area (Å²) in [7, 11) is 0. The van der Waals surface area contributed by atoms with Gasteiger partial charge in [0.15, 0.2) is 0 Å². The van der Waals surface area contributed by atoms with Crippen molar-refractivity contribution in [1.29, 1.82) is 0 Å². The van der Waals surface area contributed by atoms with Crippen LogP contribution in [0.25, 0.3) is 0 Å². The van der Waals surface area contributed by atoms with Gasteiger partial charge in [-0.3, -0.25) is 0 Å². The summed E-state index contributed by atoms with van der Waals surface area (Å²) in [4.78, 5) is 0. The maximum absolute atomic E-state index is 3.75. The molecule has 0 saturated heterocycles. The number of hydrogen-bond donors (Lipinski definition) is 1. The summed E-state index contributed by atoms with van der Waals surface area (Å²) in [6.07, 6.45) is 6.70. The molecule has 22 heavy (non-hydrogen) atoms. The zero-order chi connectivity index (χ0) is 14.3. The number of rotatable bonds is 6. The Balaban J connectivity index is 0.00000176. The van der Waals surface area contributed by atoms with E-state index in [1.54, 1.807) is 0 Å². The minimum absolute atomic E-state index is 0. The first-order valence-electron chi connectivity index (χ1n) is 8.27. The van der Waals surface area contributed by atoms with Crippen LogP contribution in [0.4, 0.5) is 0 Å². The van der Waals surface area contributed by atoms with E-state index in [2.05, 4.69) is 66.0 Å². The quantitative estimate of drug-likeness (QED) is 0.776. The largest absolute Gasteiger partial charge is 0.314 e. The van der Waals surface area contributed by atoms with E-state index in [1.165, 1.54) is 43.2 Å². The molecule has 1 fully saturated rings. The fraction of sp³-hybridized carbons (Fsp3) is 0.400. The van der Waals surface area contributed by atoms with Gasteiger partial charge in [0, 0.05) is 12.0 Å². The molecule has 3 rings (SSSR count). The molecule has 1 N–H and O–H groups in total. The molecule has 0 radical (unpaired) electrons. The van der Waals surface area contributed by atoms with Gasteiger partial charge >= 0.3 is 0 Å². The molecule has 0 aromatic heterocycles. The summed E-state index contributed by atoms with van der Waals surface area (Å²) in [6.45, 7) is 1.11. The smallest absolute Gasteiger partial charge is 0.0101 e. The van der Waals surface area contributed by atoms with Crippen molar-refractivity contribution in [1.82, 2.24) is 5.32 Å². The van der Waals surface area contributed by atoms with Crippen LogP contribution in [0.15, 0.2) is 60.7 Å². The maximum Gasteiger partial charge on any atom is 0.0101 e. The third kappa shape index (κ3) is 4.59. The number of halogens is 1. The molecule has 0 amide bonds. The third-order valence-corrected chi connectivity index (χ3v) is 4.63. The fourth-order valence-electron chi connectivity index (χ4n) is 3.46. The number of benzene rings is 2.